The third-order valence-corrected chi connectivity index (χ3v) is 4.38. The number of anilines is 1. The first-order valence-electron chi connectivity index (χ1n) is 9.37. The van der Waals surface area contributed by atoms with Gasteiger partial charge in [0.15, 0.2) is 0 Å². The summed E-state index contributed by atoms with van der Waals surface area (Å²) in [5, 5.41) is 5.84. The second kappa shape index (κ2) is 9.00. The van der Waals surface area contributed by atoms with E-state index in [4.69, 9.17) is 0 Å². The number of hydrogen-bond donors (Lipinski definition) is 2. The van der Waals surface area contributed by atoms with Crippen molar-refractivity contribution in [3.05, 3.63) is 102 Å². The normalized spacial score (nSPS) is 10.7. The highest BCUT2D eigenvalue weighted by Gasteiger charge is 2.24. The summed E-state index contributed by atoms with van der Waals surface area (Å²) in [7, 11) is 0. The maximum Gasteiger partial charge on any atom is 0.253 e. The van der Waals surface area contributed by atoms with Crippen LogP contribution >= 0.6 is 0 Å². The Bertz CT molecular complexity index is 898. The SMILES string of the molecule is CC(C)NC(=O)c1ccccc1NC(=O)C(c1ccccc1)c1ccccc1. The van der Waals surface area contributed by atoms with Crippen LogP contribution in [0.3, 0.4) is 0 Å². The lowest BCUT2D eigenvalue weighted by Gasteiger charge is -2.19. The van der Waals surface area contributed by atoms with Gasteiger partial charge in [0.25, 0.3) is 5.91 Å². The smallest absolute Gasteiger partial charge is 0.253 e. The fourth-order valence-electron chi connectivity index (χ4n) is 3.12. The molecule has 28 heavy (non-hydrogen) atoms. The number of carbonyl (C=O) groups is 2. The lowest BCUT2D eigenvalue weighted by atomic mass is 9.90. The van der Waals surface area contributed by atoms with E-state index in [1.807, 2.05) is 80.6 Å². The molecule has 0 unspecified atom stereocenters. The molecule has 4 heteroatoms. The third kappa shape index (κ3) is 4.65. The van der Waals surface area contributed by atoms with Crippen molar-refractivity contribution in [2.45, 2.75) is 25.8 Å². The summed E-state index contributed by atoms with van der Waals surface area (Å²) in [5.41, 5.74) is 2.75. The first kappa shape index (κ1) is 19.4. The molecule has 0 saturated carbocycles. The van der Waals surface area contributed by atoms with Crippen molar-refractivity contribution in [2.24, 2.45) is 0 Å². The Morgan fingerprint density at radius 3 is 1.75 bits per heavy atom. The van der Waals surface area contributed by atoms with Gasteiger partial charge in [-0.2, -0.15) is 0 Å². The Morgan fingerprint density at radius 2 is 1.21 bits per heavy atom. The quantitative estimate of drug-likeness (QED) is 0.665. The van der Waals surface area contributed by atoms with Gasteiger partial charge in [-0.3, -0.25) is 9.59 Å². The maximum atomic E-state index is 13.3. The van der Waals surface area contributed by atoms with Crippen LogP contribution in [0.15, 0.2) is 84.9 Å². The van der Waals surface area contributed by atoms with E-state index < -0.39 is 5.92 Å². The molecule has 4 nitrogen and oxygen atoms in total. The topological polar surface area (TPSA) is 58.2 Å². The van der Waals surface area contributed by atoms with Crippen LogP contribution < -0.4 is 10.6 Å². The zero-order valence-electron chi connectivity index (χ0n) is 16.1. The summed E-state index contributed by atoms with van der Waals surface area (Å²) in [4.78, 5) is 25.8. The molecule has 0 spiro atoms. The fourth-order valence-corrected chi connectivity index (χ4v) is 3.12. The number of benzene rings is 3. The first-order valence-corrected chi connectivity index (χ1v) is 9.37. The van der Waals surface area contributed by atoms with Crippen LogP contribution in [-0.2, 0) is 4.79 Å². The number of carbonyl (C=O) groups excluding carboxylic acids is 2. The maximum absolute atomic E-state index is 13.3. The average molecular weight is 372 g/mol. The van der Waals surface area contributed by atoms with Crippen molar-refractivity contribution in [1.29, 1.82) is 0 Å². The lowest BCUT2D eigenvalue weighted by Crippen LogP contribution is -2.31. The summed E-state index contributed by atoms with van der Waals surface area (Å²) in [5.74, 6) is -0.854. The van der Waals surface area contributed by atoms with E-state index >= 15 is 0 Å². The number of para-hydroxylation sites is 1. The number of amides is 2. The third-order valence-electron chi connectivity index (χ3n) is 4.38. The molecule has 0 heterocycles. The van der Waals surface area contributed by atoms with Crippen LogP contribution in [0.5, 0.6) is 0 Å². The van der Waals surface area contributed by atoms with Gasteiger partial charge in [0.2, 0.25) is 5.91 Å². The lowest BCUT2D eigenvalue weighted by molar-refractivity contribution is -0.116. The zero-order valence-corrected chi connectivity index (χ0v) is 16.1. The van der Waals surface area contributed by atoms with Crippen molar-refractivity contribution >= 4 is 17.5 Å². The van der Waals surface area contributed by atoms with Crippen LogP contribution in [-0.4, -0.2) is 17.9 Å². The number of hydrogen-bond acceptors (Lipinski definition) is 2. The van der Waals surface area contributed by atoms with Gasteiger partial charge in [-0.25, -0.2) is 0 Å². The van der Waals surface area contributed by atoms with Gasteiger partial charge < -0.3 is 10.6 Å². The molecule has 3 aromatic carbocycles. The molecule has 0 fully saturated rings. The monoisotopic (exact) mass is 372 g/mol. The highest BCUT2D eigenvalue weighted by Crippen LogP contribution is 2.27. The van der Waals surface area contributed by atoms with Crippen molar-refractivity contribution in [3.8, 4) is 0 Å². The largest absolute Gasteiger partial charge is 0.350 e. The van der Waals surface area contributed by atoms with Crippen molar-refractivity contribution in [3.63, 3.8) is 0 Å². The van der Waals surface area contributed by atoms with Crippen molar-refractivity contribution in [2.75, 3.05) is 5.32 Å². The highest BCUT2D eigenvalue weighted by atomic mass is 16.2. The molecule has 142 valence electrons. The van der Waals surface area contributed by atoms with Crippen LogP contribution in [0, 0.1) is 0 Å². The molecule has 3 rings (SSSR count). The molecule has 0 atom stereocenters. The molecule has 0 aliphatic carbocycles. The van der Waals surface area contributed by atoms with Gasteiger partial charge >= 0.3 is 0 Å². The van der Waals surface area contributed by atoms with E-state index in [9.17, 15) is 9.59 Å². The van der Waals surface area contributed by atoms with E-state index in [0.29, 0.717) is 11.3 Å². The average Bonchev–Trinajstić information content (AvgIpc) is 2.69. The first-order chi connectivity index (χ1) is 13.6. The van der Waals surface area contributed by atoms with Crippen LogP contribution in [0.25, 0.3) is 0 Å². The Balaban J connectivity index is 1.93. The molecule has 2 amide bonds. The van der Waals surface area contributed by atoms with Crippen molar-refractivity contribution in [1.82, 2.24) is 5.32 Å². The van der Waals surface area contributed by atoms with Crippen LogP contribution in [0.1, 0.15) is 41.3 Å². The Labute approximate surface area is 165 Å². The molecule has 0 radical (unpaired) electrons. The van der Waals surface area contributed by atoms with E-state index in [2.05, 4.69) is 10.6 Å². The Kier molecular flexibility index (Phi) is 6.22. The molecular formula is C24H24N2O2. The molecular weight excluding hydrogens is 348 g/mol. The van der Waals surface area contributed by atoms with Gasteiger partial charge in [-0.15, -0.1) is 0 Å². The van der Waals surface area contributed by atoms with Crippen molar-refractivity contribution < 1.29 is 9.59 Å². The fraction of sp³-hybridized carbons (Fsp3) is 0.167. The second-order valence-corrected chi connectivity index (χ2v) is 6.92. The molecule has 0 saturated heterocycles. The molecule has 0 aromatic heterocycles. The summed E-state index contributed by atoms with van der Waals surface area (Å²) in [6, 6.07) is 26.4. The summed E-state index contributed by atoms with van der Waals surface area (Å²) in [6.45, 7) is 3.81. The minimum Gasteiger partial charge on any atom is -0.350 e. The standard InChI is InChI=1S/C24H24N2O2/c1-17(2)25-23(27)20-15-9-10-16-21(20)26-24(28)22(18-11-5-3-6-12-18)19-13-7-4-8-14-19/h3-17,22H,1-2H3,(H,25,27)(H,26,28). The Hall–Kier alpha value is -3.40. The van der Waals surface area contributed by atoms with E-state index in [1.165, 1.54) is 0 Å². The van der Waals surface area contributed by atoms with Crippen LogP contribution in [0.4, 0.5) is 5.69 Å². The van der Waals surface area contributed by atoms with Gasteiger partial charge in [0, 0.05) is 6.04 Å². The number of nitrogens with one attached hydrogen (secondary N) is 2. The predicted octanol–water partition coefficient (Wildman–Crippen LogP) is 4.60. The molecule has 0 aliphatic rings. The van der Waals surface area contributed by atoms with Gasteiger partial charge in [-0.1, -0.05) is 72.8 Å². The molecule has 2 N–H and O–H groups in total. The highest BCUT2D eigenvalue weighted by molar-refractivity contribution is 6.05. The predicted molar refractivity (Wildman–Crippen MR) is 112 cm³/mol. The van der Waals surface area contributed by atoms with Gasteiger partial charge in [0.1, 0.15) is 0 Å². The molecule has 0 bridgehead atoms. The minimum atomic E-state index is -0.469. The second-order valence-electron chi connectivity index (χ2n) is 6.92. The van der Waals surface area contributed by atoms with Gasteiger partial charge in [0.05, 0.1) is 17.2 Å². The van der Waals surface area contributed by atoms with E-state index in [0.717, 1.165) is 11.1 Å². The molecule has 0 aliphatic heterocycles. The minimum absolute atomic E-state index is 0.0117. The summed E-state index contributed by atoms with van der Waals surface area (Å²) >= 11 is 0. The van der Waals surface area contributed by atoms with Gasteiger partial charge in [-0.05, 0) is 37.1 Å². The zero-order chi connectivity index (χ0) is 19.9. The molecule has 3 aromatic rings. The van der Waals surface area contributed by atoms with E-state index in [1.54, 1.807) is 18.2 Å². The number of rotatable bonds is 6. The summed E-state index contributed by atoms with van der Waals surface area (Å²) in [6.07, 6.45) is 0. The Morgan fingerprint density at radius 1 is 0.714 bits per heavy atom. The summed E-state index contributed by atoms with van der Waals surface area (Å²) < 4.78 is 0. The van der Waals surface area contributed by atoms with Crippen LogP contribution in [0.2, 0.25) is 0 Å². The van der Waals surface area contributed by atoms with E-state index in [-0.39, 0.29) is 17.9 Å².